The van der Waals surface area contributed by atoms with Crippen molar-refractivity contribution in [1.82, 2.24) is 9.78 Å². The second kappa shape index (κ2) is 4.50. The minimum absolute atomic E-state index is 0.139. The van der Waals surface area contributed by atoms with E-state index in [1.54, 1.807) is 25.2 Å². The molecule has 0 saturated heterocycles. The number of rotatable bonds is 3. The van der Waals surface area contributed by atoms with Crippen molar-refractivity contribution in [2.75, 3.05) is 4.72 Å². The van der Waals surface area contributed by atoms with Gasteiger partial charge in [-0.1, -0.05) is 22.0 Å². The zero-order valence-electron chi connectivity index (χ0n) is 8.96. The molecule has 0 radical (unpaired) electrons. The summed E-state index contributed by atoms with van der Waals surface area (Å²) in [7, 11) is -1.90. The van der Waals surface area contributed by atoms with Crippen LogP contribution in [0.15, 0.2) is 46.0 Å². The Morgan fingerprint density at radius 3 is 2.76 bits per heavy atom. The van der Waals surface area contributed by atoms with Crippen LogP contribution in [0.4, 0.5) is 5.69 Å². The van der Waals surface area contributed by atoms with Crippen LogP contribution in [0, 0.1) is 0 Å². The summed E-state index contributed by atoms with van der Waals surface area (Å²) in [6.45, 7) is 0. The van der Waals surface area contributed by atoms with Crippen molar-refractivity contribution in [3.8, 4) is 0 Å². The number of anilines is 1. The number of aryl methyl sites for hydroxylation is 1. The lowest BCUT2D eigenvalue weighted by atomic mass is 10.3. The Labute approximate surface area is 108 Å². The molecule has 0 saturated carbocycles. The molecule has 1 aromatic carbocycles. The Morgan fingerprint density at radius 2 is 2.18 bits per heavy atom. The first-order valence-electron chi connectivity index (χ1n) is 4.74. The zero-order chi connectivity index (χ0) is 12.5. The van der Waals surface area contributed by atoms with Crippen molar-refractivity contribution >= 4 is 31.6 Å². The Bertz CT molecular complexity index is 637. The lowest BCUT2D eigenvalue weighted by Crippen LogP contribution is -2.12. The lowest BCUT2D eigenvalue weighted by molar-refractivity contribution is 0.601. The van der Waals surface area contributed by atoms with Gasteiger partial charge in [-0.15, -0.1) is 0 Å². The summed E-state index contributed by atoms with van der Waals surface area (Å²) >= 11 is 3.28. The Balaban J connectivity index is 2.29. The largest absolute Gasteiger partial charge is 0.279 e. The number of aromatic nitrogens is 2. The van der Waals surface area contributed by atoms with Crippen molar-refractivity contribution in [3.05, 3.63) is 41.1 Å². The number of sulfonamides is 1. The van der Waals surface area contributed by atoms with E-state index < -0.39 is 10.0 Å². The summed E-state index contributed by atoms with van der Waals surface area (Å²) in [5, 5.41) is 3.83. The molecule has 0 aliphatic rings. The molecule has 2 rings (SSSR count). The average Bonchev–Trinajstić information content (AvgIpc) is 2.65. The van der Waals surface area contributed by atoms with Crippen LogP contribution in [0.3, 0.4) is 0 Å². The first-order chi connectivity index (χ1) is 7.97. The van der Waals surface area contributed by atoms with Gasteiger partial charge in [0.05, 0.1) is 6.20 Å². The second-order valence-electron chi connectivity index (χ2n) is 3.47. The standard InChI is InChI=1S/C10H10BrN3O2S/c1-14-7-10(6-12-14)17(15,16)13-9-4-2-3-8(11)5-9/h2-7,13H,1H3. The molecule has 0 amide bonds. The van der Waals surface area contributed by atoms with E-state index in [2.05, 4.69) is 25.8 Å². The number of halogens is 1. The minimum Gasteiger partial charge on any atom is -0.279 e. The first kappa shape index (κ1) is 12.1. The Morgan fingerprint density at radius 1 is 1.41 bits per heavy atom. The predicted octanol–water partition coefficient (Wildman–Crippen LogP) is 1.98. The van der Waals surface area contributed by atoms with Crippen LogP contribution in [0.25, 0.3) is 0 Å². The molecule has 0 fully saturated rings. The number of nitrogens with zero attached hydrogens (tertiary/aromatic N) is 2. The van der Waals surface area contributed by atoms with Gasteiger partial charge in [-0.2, -0.15) is 5.10 Å². The maximum absolute atomic E-state index is 11.9. The van der Waals surface area contributed by atoms with Crippen LogP contribution >= 0.6 is 15.9 Å². The van der Waals surface area contributed by atoms with Crippen LogP contribution in [-0.2, 0) is 17.1 Å². The SMILES string of the molecule is Cn1cc(S(=O)(=O)Nc2cccc(Br)c2)cn1. The van der Waals surface area contributed by atoms with Crippen LogP contribution in [0.1, 0.15) is 0 Å². The molecule has 0 atom stereocenters. The molecule has 0 spiro atoms. The lowest BCUT2D eigenvalue weighted by Gasteiger charge is -2.05. The fourth-order valence-corrected chi connectivity index (χ4v) is 2.74. The predicted molar refractivity (Wildman–Crippen MR) is 68.2 cm³/mol. The van der Waals surface area contributed by atoms with Crippen molar-refractivity contribution < 1.29 is 8.42 Å². The molecule has 7 heteroatoms. The third kappa shape index (κ3) is 2.86. The quantitative estimate of drug-likeness (QED) is 0.942. The Hall–Kier alpha value is -1.34. The van der Waals surface area contributed by atoms with Crippen LogP contribution < -0.4 is 4.72 Å². The van der Waals surface area contributed by atoms with Gasteiger partial charge in [-0.3, -0.25) is 9.40 Å². The van der Waals surface area contributed by atoms with Crippen LogP contribution in [-0.4, -0.2) is 18.2 Å². The van der Waals surface area contributed by atoms with E-state index in [9.17, 15) is 8.42 Å². The molecule has 0 unspecified atom stereocenters. The van der Waals surface area contributed by atoms with Gasteiger partial charge in [0.25, 0.3) is 10.0 Å². The average molecular weight is 316 g/mol. The molecular weight excluding hydrogens is 306 g/mol. The normalized spacial score (nSPS) is 11.4. The third-order valence-corrected chi connectivity index (χ3v) is 3.90. The summed E-state index contributed by atoms with van der Waals surface area (Å²) in [6.07, 6.45) is 2.75. The van der Waals surface area contributed by atoms with Gasteiger partial charge in [0.2, 0.25) is 0 Å². The van der Waals surface area contributed by atoms with Gasteiger partial charge in [0, 0.05) is 23.4 Å². The summed E-state index contributed by atoms with van der Waals surface area (Å²) in [4.78, 5) is 0.139. The van der Waals surface area contributed by atoms with Gasteiger partial charge in [-0.25, -0.2) is 8.42 Å². The summed E-state index contributed by atoms with van der Waals surface area (Å²) in [6, 6.07) is 6.94. The summed E-state index contributed by atoms with van der Waals surface area (Å²) in [5.41, 5.74) is 0.503. The molecule has 5 nitrogen and oxygen atoms in total. The number of hydrogen-bond donors (Lipinski definition) is 1. The molecule has 0 aliphatic heterocycles. The molecule has 0 aliphatic carbocycles. The number of hydrogen-bond acceptors (Lipinski definition) is 3. The van der Waals surface area contributed by atoms with E-state index in [-0.39, 0.29) is 4.90 Å². The van der Waals surface area contributed by atoms with Gasteiger partial charge < -0.3 is 0 Å². The molecule has 2 aromatic rings. The van der Waals surface area contributed by atoms with Crippen molar-refractivity contribution in [1.29, 1.82) is 0 Å². The maximum atomic E-state index is 11.9. The third-order valence-electron chi connectivity index (χ3n) is 2.07. The van der Waals surface area contributed by atoms with E-state index in [0.717, 1.165) is 4.47 Å². The molecule has 1 heterocycles. The second-order valence-corrected chi connectivity index (χ2v) is 6.06. The maximum Gasteiger partial charge on any atom is 0.265 e. The van der Waals surface area contributed by atoms with Gasteiger partial charge in [-0.05, 0) is 18.2 Å². The minimum atomic E-state index is -3.56. The summed E-state index contributed by atoms with van der Waals surface area (Å²) < 4.78 is 28.6. The smallest absolute Gasteiger partial charge is 0.265 e. The Kier molecular flexibility index (Phi) is 3.21. The van der Waals surface area contributed by atoms with E-state index >= 15 is 0 Å². The van der Waals surface area contributed by atoms with Crippen LogP contribution in [0.5, 0.6) is 0 Å². The molecule has 17 heavy (non-hydrogen) atoms. The molecule has 1 N–H and O–H groups in total. The van der Waals surface area contributed by atoms with Gasteiger partial charge >= 0.3 is 0 Å². The van der Waals surface area contributed by atoms with E-state index in [4.69, 9.17) is 0 Å². The highest BCUT2D eigenvalue weighted by atomic mass is 79.9. The monoisotopic (exact) mass is 315 g/mol. The molecular formula is C10H10BrN3O2S. The number of benzene rings is 1. The fourth-order valence-electron chi connectivity index (χ4n) is 1.30. The number of nitrogens with one attached hydrogen (secondary N) is 1. The molecule has 90 valence electrons. The molecule has 0 bridgehead atoms. The van der Waals surface area contributed by atoms with Gasteiger partial charge in [0.1, 0.15) is 4.90 Å². The van der Waals surface area contributed by atoms with E-state index in [1.165, 1.54) is 17.1 Å². The topological polar surface area (TPSA) is 64.0 Å². The van der Waals surface area contributed by atoms with E-state index in [0.29, 0.717) is 5.69 Å². The van der Waals surface area contributed by atoms with Gasteiger partial charge in [0.15, 0.2) is 0 Å². The highest BCUT2D eigenvalue weighted by Gasteiger charge is 2.15. The highest BCUT2D eigenvalue weighted by molar-refractivity contribution is 9.10. The van der Waals surface area contributed by atoms with E-state index in [1.807, 2.05) is 6.07 Å². The van der Waals surface area contributed by atoms with Crippen molar-refractivity contribution in [2.45, 2.75) is 4.90 Å². The van der Waals surface area contributed by atoms with Crippen molar-refractivity contribution in [2.24, 2.45) is 7.05 Å². The fraction of sp³-hybridized carbons (Fsp3) is 0.100. The van der Waals surface area contributed by atoms with Crippen molar-refractivity contribution in [3.63, 3.8) is 0 Å². The first-order valence-corrected chi connectivity index (χ1v) is 7.02. The molecule has 1 aromatic heterocycles. The zero-order valence-corrected chi connectivity index (χ0v) is 11.4. The van der Waals surface area contributed by atoms with Crippen LogP contribution in [0.2, 0.25) is 0 Å². The summed E-state index contributed by atoms with van der Waals surface area (Å²) in [5.74, 6) is 0. The highest BCUT2D eigenvalue weighted by Crippen LogP contribution is 2.19.